The molecular formula is C23H27BrN2O2S. The summed E-state index contributed by atoms with van der Waals surface area (Å²) >= 11 is 3.51. The molecule has 4 unspecified atom stereocenters. The van der Waals surface area contributed by atoms with Crippen LogP contribution < -0.4 is 10.0 Å². The summed E-state index contributed by atoms with van der Waals surface area (Å²) in [5.74, 6) is 0.928. The summed E-state index contributed by atoms with van der Waals surface area (Å²) in [4.78, 5) is 0.350. The lowest BCUT2D eigenvalue weighted by atomic mass is 9.77. The summed E-state index contributed by atoms with van der Waals surface area (Å²) in [6.07, 6.45) is 6.39. The van der Waals surface area contributed by atoms with Crippen LogP contribution in [-0.2, 0) is 10.0 Å². The molecule has 1 heterocycles. The van der Waals surface area contributed by atoms with Gasteiger partial charge in [-0.2, -0.15) is 0 Å². The van der Waals surface area contributed by atoms with Gasteiger partial charge >= 0.3 is 0 Å². The van der Waals surface area contributed by atoms with Crippen LogP contribution in [0.4, 0.5) is 5.69 Å². The van der Waals surface area contributed by atoms with Gasteiger partial charge in [0, 0.05) is 22.6 Å². The molecule has 2 aromatic carbocycles. The van der Waals surface area contributed by atoms with Crippen molar-refractivity contribution >= 4 is 31.6 Å². The van der Waals surface area contributed by atoms with Crippen LogP contribution in [0.3, 0.4) is 0 Å². The molecule has 4 nitrogen and oxygen atoms in total. The van der Waals surface area contributed by atoms with E-state index in [1.54, 1.807) is 6.07 Å². The second-order valence-electron chi connectivity index (χ2n) is 8.14. The molecule has 0 amide bonds. The minimum Gasteiger partial charge on any atom is -0.378 e. The van der Waals surface area contributed by atoms with Gasteiger partial charge in [-0.25, -0.2) is 13.1 Å². The molecule has 6 heteroatoms. The molecule has 0 bridgehead atoms. The maximum absolute atomic E-state index is 12.8. The van der Waals surface area contributed by atoms with Crippen molar-refractivity contribution in [1.29, 1.82) is 0 Å². The molecular weight excluding hydrogens is 448 g/mol. The van der Waals surface area contributed by atoms with Crippen LogP contribution in [0.5, 0.6) is 0 Å². The molecule has 0 saturated carbocycles. The highest BCUT2D eigenvalue weighted by Crippen LogP contribution is 2.50. The zero-order valence-corrected chi connectivity index (χ0v) is 19.1. The number of anilines is 1. The van der Waals surface area contributed by atoms with E-state index in [2.05, 4.69) is 76.2 Å². The van der Waals surface area contributed by atoms with Crippen molar-refractivity contribution in [3.8, 4) is 0 Å². The molecule has 0 aromatic heterocycles. The Morgan fingerprint density at radius 2 is 1.97 bits per heavy atom. The molecule has 2 aliphatic rings. The zero-order valence-electron chi connectivity index (χ0n) is 16.7. The average Bonchev–Trinajstić information content (AvgIpc) is 3.22. The lowest BCUT2D eigenvalue weighted by Crippen LogP contribution is -2.30. The van der Waals surface area contributed by atoms with E-state index in [0.29, 0.717) is 23.3 Å². The van der Waals surface area contributed by atoms with E-state index in [1.807, 2.05) is 12.1 Å². The largest absolute Gasteiger partial charge is 0.378 e. The van der Waals surface area contributed by atoms with Crippen molar-refractivity contribution in [2.45, 2.75) is 43.5 Å². The van der Waals surface area contributed by atoms with Gasteiger partial charge < -0.3 is 5.32 Å². The minimum atomic E-state index is -3.51. The van der Waals surface area contributed by atoms with Crippen molar-refractivity contribution in [2.24, 2.45) is 11.8 Å². The molecule has 1 aliphatic heterocycles. The van der Waals surface area contributed by atoms with Gasteiger partial charge in [0.15, 0.2) is 0 Å². The zero-order chi connectivity index (χ0) is 20.6. The van der Waals surface area contributed by atoms with Crippen LogP contribution in [0.25, 0.3) is 0 Å². The topological polar surface area (TPSA) is 58.2 Å². The lowest BCUT2D eigenvalue weighted by Gasteiger charge is -2.37. The standard InChI is InChI=1S/C23H27BrN2O2S/c1-3-15(2)14-25-29(27,28)18-11-12-22-21(13-18)19-5-4-6-20(19)23(26-22)16-7-9-17(24)10-8-16/h4-5,7-13,15,19-20,23,25-26H,3,6,14H2,1-2H3. The quantitative estimate of drug-likeness (QED) is 0.535. The van der Waals surface area contributed by atoms with Crippen LogP contribution >= 0.6 is 15.9 Å². The van der Waals surface area contributed by atoms with Crippen molar-refractivity contribution in [1.82, 2.24) is 4.72 Å². The highest BCUT2D eigenvalue weighted by atomic mass is 79.9. The first-order valence-corrected chi connectivity index (χ1v) is 12.5. The maximum atomic E-state index is 12.8. The van der Waals surface area contributed by atoms with Gasteiger partial charge in [-0.1, -0.05) is 60.5 Å². The SMILES string of the molecule is CCC(C)CNS(=O)(=O)c1ccc2c(c1)C1C=CCC1C(c1ccc(Br)cc1)N2. The summed E-state index contributed by atoms with van der Waals surface area (Å²) < 4.78 is 29.4. The van der Waals surface area contributed by atoms with E-state index >= 15 is 0 Å². The number of hydrogen-bond acceptors (Lipinski definition) is 3. The fraction of sp³-hybridized carbons (Fsp3) is 0.391. The number of rotatable bonds is 6. The summed E-state index contributed by atoms with van der Waals surface area (Å²) in [7, 11) is -3.51. The van der Waals surface area contributed by atoms with Gasteiger partial charge in [-0.15, -0.1) is 0 Å². The molecule has 29 heavy (non-hydrogen) atoms. The van der Waals surface area contributed by atoms with Gasteiger partial charge in [0.1, 0.15) is 0 Å². The predicted molar refractivity (Wildman–Crippen MR) is 122 cm³/mol. The molecule has 1 aliphatic carbocycles. The fourth-order valence-electron chi connectivity index (χ4n) is 4.22. The molecule has 0 fully saturated rings. The van der Waals surface area contributed by atoms with Crippen LogP contribution in [0, 0.1) is 11.8 Å². The smallest absolute Gasteiger partial charge is 0.240 e. The number of allylic oxidation sites excluding steroid dienone is 2. The molecule has 0 saturated heterocycles. The van der Waals surface area contributed by atoms with Crippen molar-refractivity contribution in [3.05, 3.63) is 70.2 Å². The van der Waals surface area contributed by atoms with Gasteiger partial charge in [-0.3, -0.25) is 0 Å². The maximum Gasteiger partial charge on any atom is 0.240 e. The minimum absolute atomic E-state index is 0.210. The third-order valence-electron chi connectivity index (χ3n) is 6.19. The molecule has 4 rings (SSSR count). The predicted octanol–water partition coefficient (Wildman–Crippen LogP) is 5.60. The Bertz CT molecular complexity index is 1020. The number of benzene rings is 2. The van der Waals surface area contributed by atoms with E-state index in [9.17, 15) is 8.42 Å². The number of halogens is 1. The first kappa shape index (κ1) is 20.6. The summed E-state index contributed by atoms with van der Waals surface area (Å²) in [6, 6.07) is 14.1. The number of hydrogen-bond donors (Lipinski definition) is 2. The van der Waals surface area contributed by atoms with Crippen LogP contribution in [0.1, 0.15) is 49.8 Å². The summed E-state index contributed by atoms with van der Waals surface area (Å²) in [5, 5.41) is 3.67. The van der Waals surface area contributed by atoms with E-state index < -0.39 is 10.0 Å². The van der Waals surface area contributed by atoms with Crippen LogP contribution in [-0.4, -0.2) is 15.0 Å². The Morgan fingerprint density at radius 3 is 2.69 bits per heavy atom. The van der Waals surface area contributed by atoms with Crippen LogP contribution in [0.2, 0.25) is 0 Å². The third kappa shape index (κ3) is 4.16. The monoisotopic (exact) mass is 474 g/mol. The van der Waals surface area contributed by atoms with E-state index in [1.165, 1.54) is 5.56 Å². The summed E-state index contributed by atoms with van der Waals surface area (Å²) in [5.41, 5.74) is 3.35. The first-order chi connectivity index (χ1) is 13.9. The molecule has 154 valence electrons. The van der Waals surface area contributed by atoms with Crippen molar-refractivity contribution in [2.75, 3.05) is 11.9 Å². The van der Waals surface area contributed by atoms with Gasteiger partial charge in [0.2, 0.25) is 10.0 Å². The number of nitrogens with one attached hydrogen (secondary N) is 2. The fourth-order valence-corrected chi connectivity index (χ4v) is 5.68. The van der Waals surface area contributed by atoms with Gasteiger partial charge in [0.25, 0.3) is 0 Å². The third-order valence-corrected chi connectivity index (χ3v) is 8.14. The number of sulfonamides is 1. The van der Waals surface area contributed by atoms with Gasteiger partial charge in [-0.05, 0) is 59.7 Å². The highest BCUT2D eigenvalue weighted by molar-refractivity contribution is 9.10. The van der Waals surface area contributed by atoms with Crippen molar-refractivity contribution in [3.63, 3.8) is 0 Å². The van der Waals surface area contributed by atoms with Crippen LogP contribution in [0.15, 0.2) is 64.0 Å². The lowest BCUT2D eigenvalue weighted by molar-refractivity contribution is 0.425. The molecule has 4 atom stereocenters. The second-order valence-corrected chi connectivity index (χ2v) is 10.8. The van der Waals surface area contributed by atoms with E-state index in [4.69, 9.17) is 0 Å². The molecule has 2 aromatic rings. The molecule has 0 radical (unpaired) electrons. The Labute approximate surface area is 182 Å². The van der Waals surface area contributed by atoms with E-state index in [0.717, 1.165) is 28.6 Å². The summed E-state index contributed by atoms with van der Waals surface area (Å²) in [6.45, 7) is 4.58. The Kier molecular flexibility index (Phi) is 5.87. The molecule has 2 N–H and O–H groups in total. The Balaban J connectivity index is 1.65. The number of fused-ring (bicyclic) bond motifs is 3. The average molecular weight is 475 g/mol. The highest BCUT2D eigenvalue weighted by Gasteiger charge is 2.38. The Morgan fingerprint density at radius 1 is 1.21 bits per heavy atom. The van der Waals surface area contributed by atoms with Gasteiger partial charge in [0.05, 0.1) is 10.9 Å². The Hall–Kier alpha value is -1.63. The normalized spacial score (nSPS) is 23.9. The van der Waals surface area contributed by atoms with E-state index in [-0.39, 0.29) is 12.0 Å². The van der Waals surface area contributed by atoms with Crippen molar-refractivity contribution < 1.29 is 8.42 Å². The first-order valence-electron chi connectivity index (χ1n) is 10.2. The molecule has 0 spiro atoms. The second kappa shape index (κ2) is 8.25.